The normalized spacial score (nSPS) is 11.1. The summed E-state index contributed by atoms with van der Waals surface area (Å²) in [7, 11) is 0. The van der Waals surface area contributed by atoms with Gasteiger partial charge in [-0.25, -0.2) is 9.50 Å². The summed E-state index contributed by atoms with van der Waals surface area (Å²) in [6, 6.07) is 4.13. The van der Waals surface area contributed by atoms with Gasteiger partial charge in [0.15, 0.2) is 5.65 Å². The van der Waals surface area contributed by atoms with E-state index in [9.17, 15) is 0 Å². The molecule has 0 aliphatic rings. The molecule has 0 fully saturated rings. The van der Waals surface area contributed by atoms with E-state index < -0.39 is 0 Å². The monoisotopic (exact) mass is 203 g/mol. The minimum atomic E-state index is 0.962. The third kappa shape index (κ3) is 1.74. The lowest BCUT2D eigenvalue weighted by atomic mass is 10.2. The number of hydrogen-bond acceptors (Lipinski definition) is 2. The van der Waals surface area contributed by atoms with Crippen molar-refractivity contribution in [1.29, 1.82) is 0 Å². The minimum Gasteiger partial charge on any atom is -0.232 e. The Hall–Kier alpha value is -1.38. The van der Waals surface area contributed by atoms with Gasteiger partial charge < -0.3 is 0 Å². The number of aryl methyl sites for hydroxylation is 3. The quantitative estimate of drug-likeness (QED) is 0.767. The number of aromatic nitrogens is 3. The Morgan fingerprint density at radius 1 is 1.27 bits per heavy atom. The van der Waals surface area contributed by atoms with Crippen LogP contribution in [0, 0.1) is 6.92 Å². The molecule has 0 saturated carbocycles. The van der Waals surface area contributed by atoms with Crippen LogP contribution in [0.3, 0.4) is 0 Å². The van der Waals surface area contributed by atoms with E-state index >= 15 is 0 Å². The lowest BCUT2D eigenvalue weighted by molar-refractivity contribution is 0.780. The van der Waals surface area contributed by atoms with Crippen molar-refractivity contribution in [3.8, 4) is 0 Å². The van der Waals surface area contributed by atoms with Crippen molar-refractivity contribution in [2.75, 3.05) is 0 Å². The topological polar surface area (TPSA) is 30.2 Å². The highest BCUT2D eigenvalue weighted by Gasteiger charge is 2.07. The van der Waals surface area contributed by atoms with Gasteiger partial charge in [0.25, 0.3) is 0 Å². The predicted molar refractivity (Wildman–Crippen MR) is 61.1 cm³/mol. The summed E-state index contributed by atoms with van der Waals surface area (Å²) in [6.45, 7) is 6.36. The van der Waals surface area contributed by atoms with E-state index in [2.05, 4.69) is 36.1 Å². The maximum absolute atomic E-state index is 4.61. The fourth-order valence-electron chi connectivity index (χ4n) is 1.92. The number of hydrogen-bond donors (Lipinski definition) is 0. The van der Waals surface area contributed by atoms with Crippen molar-refractivity contribution in [3.05, 3.63) is 29.2 Å². The van der Waals surface area contributed by atoms with Crippen LogP contribution in [-0.2, 0) is 12.8 Å². The summed E-state index contributed by atoms with van der Waals surface area (Å²) < 4.78 is 1.99. The Bertz CT molecular complexity index is 471. The Balaban J connectivity index is 2.57. The SMILES string of the molecule is CCCc1ccc2nc(C)c(CC)n2n1. The molecule has 2 heterocycles. The van der Waals surface area contributed by atoms with Gasteiger partial charge in [-0.2, -0.15) is 5.10 Å². The van der Waals surface area contributed by atoms with Gasteiger partial charge in [-0.15, -0.1) is 0 Å². The second-order valence-electron chi connectivity index (χ2n) is 3.84. The van der Waals surface area contributed by atoms with Gasteiger partial charge in [-0.3, -0.25) is 0 Å². The van der Waals surface area contributed by atoms with Crippen LogP contribution >= 0.6 is 0 Å². The summed E-state index contributed by atoms with van der Waals surface area (Å²) in [5.41, 5.74) is 4.43. The van der Waals surface area contributed by atoms with Gasteiger partial charge >= 0.3 is 0 Å². The molecule has 3 nitrogen and oxygen atoms in total. The molecule has 2 rings (SSSR count). The first-order chi connectivity index (χ1) is 7.26. The van der Waals surface area contributed by atoms with Crippen LogP contribution in [0.2, 0.25) is 0 Å². The molecule has 0 aromatic carbocycles. The molecule has 3 heteroatoms. The molecular formula is C12H17N3. The minimum absolute atomic E-state index is 0.962. The Morgan fingerprint density at radius 3 is 2.73 bits per heavy atom. The molecule has 0 N–H and O–H groups in total. The number of rotatable bonds is 3. The Kier molecular flexibility index (Phi) is 2.71. The molecule has 0 radical (unpaired) electrons. The molecule has 80 valence electrons. The zero-order valence-corrected chi connectivity index (χ0v) is 9.62. The fraction of sp³-hybridized carbons (Fsp3) is 0.500. The van der Waals surface area contributed by atoms with Crippen molar-refractivity contribution in [2.45, 2.75) is 40.0 Å². The van der Waals surface area contributed by atoms with Crippen molar-refractivity contribution in [1.82, 2.24) is 14.6 Å². The first-order valence-corrected chi connectivity index (χ1v) is 5.60. The van der Waals surface area contributed by atoms with Crippen LogP contribution < -0.4 is 0 Å². The standard InChI is InChI=1S/C12H17N3/c1-4-6-10-7-8-12-13-9(3)11(5-2)15(12)14-10/h7-8H,4-6H2,1-3H3. The molecule has 0 amide bonds. The highest BCUT2D eigenvalue weighted by molar-refractivity contribution is 5.41. The predicted octanol–water partition coefficient (Wildman–Crippen LogP) is 2.55. The highest BCUT2D eigenvalue weighted by Crippen LogP contribution is 2.12. The average Bonchev–Trinajstić information content (AvgIpc) is 2.53. The van der Waals surface area contributed by atoms with E-state index in [-0.39, 0.29) is 0 Å². The average molecular weight is 203 g/mol. The Labute approximate surface area is 90.1 Å². The van der Waals surface area contributed by atoms with Crippen LogP contribution in [0.4, 0.5) is 0 Å². The number of imidazole rings is 1. The summed E-state index contributed by atoms with van der Waals surface area (Å²) in [5.74, 6) is 0. The number of fused-ring (bicyclic) bond motifs is 1. The molecule has 0 aliphatic heterocycles. The van der Waals surface area contributed by atoms with Gasteiger partial charge in [0.2, 0.25) is 0 Å². The molecule has 0 saturated heterocycles. The van der Waals surface area contributed by atoms with E-state index in [0.717, 1.165) is 36.3 Å². The molecule has 2 aromatic heterocycles. The first kappa shape index (κ1) is 10.1. The second-order valence-corrected chi connectivity index (χ2v) is 3.84. The van der Waals surface area contributed by atoms with Gasteiger partial charge in [-0.1, -0.05) is 20.3 Å². The zero-order valence-electron chi connectivity index (χ0n) is 9.62. The van der Waals surface area contributed by atoms with Crippen molar-refractivity contribution < 1.29 is 0 Å². The van der Waals surface area contributed by atoms with Crippen molar-refractivity contribution in [3.63, 3.8) is 0 Å². The van der Waals surface area contributed by atoms with Crippen LogP contribution in [0.25, 0.3) is 5.65 Å². The van der Waals surface area contributed by atoms with E-state index in [1.54, 1.807) is 0 Å². The molecule has 0 aliphatic carbocycles. The molecule has 0 unspecified atom stereocenters. The smallest absolute Gasteiger partial charge is 0.154 e. The second kappa shape index (κ2) is 4.01. The summed E-state index contributed by atoms with van der Waals surface area (Å²) in [4.78, 5) is 4.49. The lowest BCUT2D eigenvalue weighted by Gasteiger charge is -2.01. The molecule has 0 atom stereocenters. The fourth-order valence-corrected chi connectivity index (χ4v) is 1.92. The molecule has 2 aromatic rings. The molecular weight excluding hydrogens is 186 g/mol. The van der Waals surface area contributed by atoms with Crippen LogP contribution in [0.15, 0.2) is 12.1 Å². The van der Waals surface area contributed by atoms with Crippen LogP contribution in [-0.4, -0.2) is 14.6 Å². The summed E-state index contributed by atoms with van der Waals surface area (Å²) in [6.07, 6.45) is 3.15. The van der Waals surface area contributed by atoms with E-state index in [0.29, 0.717) is 0 Å². The molecule has 0 spiro atoms. The van der Waals surface area contributed by atoms with Gasteiger partial charge in [0, 0.05) is 0 Å². The first-order valence-electron chi connectivity index (χ1n) is 5.60. The summed E-state index contributed by atoms with van der Waals surface area (Å²) >= 11 is 0. The lowest BCUT2D eigenvalue weighted by Crippen LogP contribution is -2.01. The van der Waals surface area contributed by atoms with E-state index in [4.69, 9.17) is 0 Å². The maximum Gasteiger partial charge on any atom is 0.154 e. The van der Waals surface area contributed by atoms with Gasteiger partial charge in [0.05, 0.1) is 17.1 Å². The maximum atomic E-state index is 4.61. The third-order valence-electron chi connectivity index (χ3n) is 2.67. The molecule has 15 heavy (non-hydrogen) atoms. The van der Waals surface area contributed by atoms with Crippen molar-refractivity contribution >= 4 is 5.65 Å². The van der Waals surface area contributed by atoms with Crippen LogP contribution in [0.1, 0.15) is 37.4 Å². The largest absolute Gasteiger partial charge is 0.232 e. The number of nitrogens with zero attached hydrogens (tertiary/aromatic N) is 3. The third-order valence-corrected chi connectivity index (χ3v) is 2.67. The zero-order chi connectivity index (χ0) is 10.8. The molecule has 0 bridgehead atoms. The van der Waals surface area contributed by atoms with Crippen LogP contribution in [0.5, 0.6) is 0 Å². The van der Waals surface area contributed by atoms with E-state index in [1.165, 1.54) is 5.69 Å². The van der Waals surface area contributed by atoms with Crippen molar-refractivity contribution in [2.24, 2.45) is 0 Å². The summed E-state index contributed by atoms with van der Waals surface area (Å²) in [5, 5.41) is 4.61. The van der Waals surface area contributed by atoms with Gasteiger partial charge in [-0.05, 0) is 31.9 Å². The Morgan fingerprint density at radius 2 is 2.07 bits per heavy atom. The highest BCUT2D eigenvalue weighted by atomic mass is 15.3. The van der Waals surface area contributed by atoms with E-state index in [1.807, 2.05) is 11.4 Å². The van der Waals surface area contributed by atoms with Gasteiger partial charge in [0.1, 0.15) is 0 Å².